The summed E-state index contributed by atoms with van der Waals surface area (Å²) in [4.78, 5) is 0. The number of rotatable bonds is 3. The van der Waals surface area contributed by atoms with Crippen molar-refractivity contribution in [2.75, 3.05) is 5.75 Å². The molecule has 0 bridgehead atoms. The Balaban J connectivity index is 1.92. The Morgan fingerprint density at radius 2 is 2.25 bits per heavy atom. The van der Waals surface area contributed by atoms with Crippen LogP contribution in [0, 0.1) is 0 Å². The Morgan fingerprint density at radius 3 is 2.75 bits per heavy atom. The Kier molecular flexibility index (Phi) is 3.58. The number of hydrogen-bond acceptors (Lipinski definition) is 4. The fraction of sp³-hybridized carbons (Fsp3) is 0.333. The first kappa shape index (κ1) is 12.3. The summed E-state index contributed by atoms with van der Waals surface area (Å²) in [6.07, 6.45) is 1.66. The van der Waals surface area contributed by atoms with Crippen LogP contribution in [0.25, 0.3) is 0 Å². The molecule has 1 aliphatic rings. The first-order chi connectivity index (χ1) is 7.46. The van der Waals surface area contributed by atoms with E-state index in [4.69, 9.17) is 4.42 Å². The molecule has 0 aliphatic carbocycles. The van der Waals surface area contributed by atoms with E-state index in [9.17, 15) is 8.42 Å². The minimum Gasteiger partial charge on any atom is -0.452 e. The van der Waals surface area contributed by atoms with Gasteiger partial charge in [0.2, 0.25) is 0 Å². The molecule has 0 spiro atoms. The van der Waals surface area contributed by atoms with Crippen LogP contribution < -0.4 is 5.32 Å². The minimum atomic E-state index is -2.99. The van der Waals surface area contributed by atoms with Gasteiger partial charge in [0.25, 0.3) is 0 Å². The average Bonchev–Trinajstić information content (AvgIpc) is 2.68. The molecule has 1 atom stereocenters. The van der Waals surface area contributed by atoms with E-state index >= 15 is 0 Å². The second kappa shape index (κ2) is 4.64. The summed E-state index contributed by atoms with van der Waals surface area (Å²) in [6.45, 7) is 0.495. The molecule has 0 fully saturated rings. The summed E-state index contributed by atoms with van der Waals surface area (Å²) in [7, 11) is -2.99. The van der Waals surface area contributed by atoms with Crippen molar-refractivity contribution in [1.29, 1.82) is 0 Å². The lowest BCUT2D eigenvalue weighted by Crippen LogP contribution is -2.29. The van der Waals surface area contributed by atoms with E-state index < -0.39 is 9.84 Å². The molecular weight excluding hydrogens is 362 g/mol. The molecule has 1 unspecified atom stereocenters. The van der Waals surface area contributed by atoms with Gasteiger partial charge in [-0.2, -0.15) is 0 Å². The summed E-state index contributed by atoms with van der Waals surface area (Å²) in [5, 5.41) is 4.34. The van der Waals surface area contributed by atoms with Crippen molar-refractivity contribution in [2.24, 2.45) is 0 Å². The van der Waals surface area contributed by atoms with Crippen LogP contribution in [0.3, 0.4) is 0 Å². The highest BCUT2D eigenvalue weighted by Gasteiger charge is 2.21. The summed E-state index contributed by atoms with van der Waals surface area (Å²) >= 11 is 6.55. The molecule has 1 aromatic heterocycles. The Hall–Kier alpha value is -0.110. The van der Waals surface area contributed by atoms with Gasteiger partial charge in [-0.1, -0.05) is 6.08 Å². The summed E-state index contributed by atoms with van der Waals surface area (Å²) < 4.78 is 29.1. The first-order valence-electron chi connectivity index (χ1n) is 4.54. The van der Waals surface area contributed by atoms with Gasteiger partial charge in [-0.15, -0.1) is 0 Å². The number of halogens is 2. The van der Waals surface area contributed by atoms with E-state index in [0.717, 1.165) is 10.2 Å². The van der Waals surface area contributed by atoms with Gasteiger partial charge in [0.05, 0.1) is 16.8 Å². The summed E-state index contributed by atoms with van der Waals surface area (Å²) in [5.41, 5.74) is 0. The minimum absolute atomic E-state index is 0.121. The molecule has 4 nitrogen and oxygen atoms in total. The lowest BCUT2D eigenvalue weighted by atomic mass is 10.3. The molecular formula is C9H9Br2NO3S. The molecule has 0 radical (unpaired) electrons. The molecule has 2 rings (SSSR count). The first-order valence-corrected chi connectivity index (χ1v) is 7.84. The Morgan fingerprint density at radius 1 is 1.50 bits per heavy atom. The average molecular weight is 371 g/mol. The maximum atomic E-state index is 11.1. The third-order valence-corrected chi connectivity index (χ3v) is 5.27. The van der Waals surface area contributed by atoms with Crippen LogP contribution >= 0.6 is 31.9 Å². The van der Waals surface area contributed by atoms with Gasteiger partial charge < -0.3 is 9.73 Å². The quantitative estimate of drug-likeness (QED) is 0.886. The predicted molar refractivity (Wildman–Crippen MR) is 67.7 cm³/mol. The maximum absolute atomic E-state index is 11.1. The molecule has 0 aromatic carbocycles. The van der Waals surface area contributed by atoms with E-state index in [1.165, 1.54) is 5.41 Å². The van der Waals surface area contributed by atoms with Crippen LogP contribution in [-0.4, -0.2) is 20.2 Å². The van der Waals surface area contributed by atoms with Gasteiger partial charge in [-0.3, -0.25) is 0 Å². The largest absolute Gasteiger partial charge is 0.452 e. The second-order valence-corrected chi connectivity index (χ2v) is 6.99. The van der Waals surface area contributed by atoms with Gasteiger partial charge in [0, 0.05) is 11.4 Å². The van der Waals surface area contributed by atoms with Crippen molar-refractivity contribution in [3.8, 4) is 0 Å². The van der Waals surface area contributed by atoms with Gasteiger partial charge in [-0.25, -0.2) is 8.42 Å². The molecule has 1 aliphatic heterocycles. The molecule has 88 valence electrons. The van der Waals surface area contributed by atoms with E-state index in [2.05, 4.69) is 37.2 Å². The molecule has 0 saturated heterocycles. The second-order valence-electron chi connectivity index (χ2n) is 3.48. The molecule has 16 heavy (non-hydrogen) atoms. The maximum Gasteiger partial charge on any atom is 0.183 e. The highest BCUT2D eigenvalue weighted by atomic mass is 79.9. The van der Waals surface area contributed by atoms with Crippen molar-refractivity contribution < 1.29 is 12.8 Å². The van der Waals surface area contributed by atoms with Gasteiger partial charge in [-0.05, 0) is 37.9 Å². The summed E-state index contributed by atoms with van der Waals surface area (Å²) in [5.74, 6) is 0.868. The number of nitrogens with one attached hydrogen (secondary N) is 1. The van der Waals surface area contributed by atoms with Crippen LogP contribution in [0.15, 0.2) is 31.1 Å². The SMILES string of the molecule is O=S1(=O)C=CC(NCc2cc(Br)c(Br)o2)C1. The highest BCUT2D eigenvalue weighted by Crippen LogP contribution is 2.26. The smallest absolute Gasteiger partial charge is 0.183 e. The van der Waals surface area contributed by atoms with E-state index in [-0.39, 0.29) is 11.8 Å². The van der Waals surface area contributed by atoms with Crippen molar-refractivity contribution >= 4 is 41.7 Å². The predicted octanol–water partition coefficient (Wildman–Crippen LogP) is 2.20. The summed E-state index contributed by atoms with van der Waals surface area (Å²) in [6, 6.07) is 1.71. The van der Waals surface area contributed by atoms with Gasteiger partial charge in [0.15, 0.2) is 14.5 Å². The van der Waals surface area contributed by atoms with Gasteiger partial charge in [0.1, 0.15) is 5.76 Å². The van der Waals surface area contributed by atoms with Gasteiger partial charge >= 0.3 is 0 Å². The lowest BCUT2D eigenvalue weighted by Gasteiger charge is -2.07. The zero-order valence-electron chi connectivity index (χ0n) is 8.11. The van der Waals surface area contributed by atoms with Crippen LogP contribution in [0.1, 0.15) is 5.76 Å². The fourth-order valence-electron chi connectivity index (χ4n) is 1.41. The van der Waals surface area contributed by atoms with Crippen molar-refractivity contribution in [3.05, 3.63) is 32.5 Å². The van der Waals surface area contributed by atoms with Crippen LogP contribution in [0.2, 0.25) is 0 Å². The highest BCUT2D eigenvalue weighted by molar-refractivity contribution is 9.13. The molecule has 7 heteroatoms. The Labute approximate surface area is 110 Å². The zero-order chi connectivity index (χ0) is 11.8. The lowest BCUT2D eigenvalue weighted by molar-refractivity contribution is 0.458. The monoisotopic (exact) mass is 369 g/mol. The standard InChI is InChI=1S/C9H9Br2NO3S/c10-8-3-7(15-9(8)11)4-12-6-1-2-16(13,14)5-6/h1-3,6,12H,4-5H2. The van der Waals surface area contributed by atoms with E-state index in [1.54, 1.807) is 6.08 Å². The number of hydrogen-bond donors (Lipinski definition) is 1. The van der Waals surface area contributed by atoms with Crippen LogP contribution in [0.5, 0.6) is 0 Å². The molecule has 0 amide bonds. The topological polar surface area (TPSA) is 59.3 Å². The van der Waals surface area contributed by atoms with Crippen molar-refractivity contribution in [1.82, 2.24) is 5.32 Å². The van der Waals surface area contributed by atoms with Crippen LogP contribution in [0.4, 0.5) is 0 Å². The zero-order valence-corrected chi connectivity index (χ0v) is 12.1. The third-order valence-electron chi connectivity index (χ3n) is 2.16. The fourth-order valence-corrected chi connectivity index (χ4v) is 3.34. The number of furan rings is 1. The number of sulfone groups is 1. The van der Waals surface area contributed by atoms with Crippen molar-refractivity contribution in [2.45, 2.75) is 12.6 Å². The van der Waals surface area contributed by atoms with Crippen LogP contribution in [-0.2, 0) is 16.4 Å². The van der Waals surface area contributed by atoms with Crippen molar-refractivity contribution in [3.63, 3.8) is 0 Å². The van der Waals surface area contributed by atoms with E-state index in [0.29, 0.717) is 11.2 Å². The molecule has 1 N–H and O–H groups in total. The molecule has 0 saturated carbocycles. The third kappa shape index (κ3) is 2.97. The Bertz CT molecular complexity index is 501. The molecule has 2 heterocycles. The molecule has 1 aromatic rings. The van der Waals surface area contributed by atoms with E-state index in [1.807, 2.05) is 6.07 Å². The normalized spacial score (nSPS) is 22.8.